The highest BCUT2D eigenvalue weighted by molar-refractivity contribution is 8.00. The molecule has 6 rings (SSSR count). The molecule has 1 aromatic heterocycles. The molecular formula is C20H16F3N3O4S. The largest absolute Gasteiger partial charge is 0.503 e. The molecule has 2 amide bonds. The van der Waals surface area contributed by atoms with Crippen molar-refractivity contribution in [3.05, 3.63) is 62.8 Å². The van der Waals surface area contributed by atoms with Crippen LogP contribution in [0.15, 0.2) is 23.1 Å². The van der Waals surface area contributed by atoms with Gasteiger partial charge in [0.05, 0.1) is 11.9 Å². The second kappa shape index (κ2) is 7.04. The van der Waals surface area contributed by atoms with Crippen LogP contribution >= 0.6 is 11.8 Å². The van der Waals surface area contributed by atoms with Crippen LogP contribution in [0.5, 0.6) is 5.75 Å². The summed E-state index contributed by atoms with van der Waals surface area (Å²) in [6, 6.07) is 1.05. The molecule has 1 saturated carbocycles. The first-order chi connectivity index (χ1) is 14.7. The quantitative estimate of drug-likeness (QED) is 0.745. The van der Waals surface area contributed by atoms with Crippen molar-refractivity contribution in [2.24, 2.45) is 0 Å². The predicted octanol–water partition coefficient (Wildman–Crippen LogP) is 1.96. The first-order valence-electron chi connectivity index (χ1n) is 9.60. The Labute approximate surface area is 177 Å². The number of benzene rings is 1. The summed E-state index contributed by atoms with van der Waals surface area (Å²) in [5.41, 5.74) is -2.25. The summed E-state index contributed by atoms with van der Waals surface area (Å²) in [6.45, 7) is -0.332. The molecule has 0 spiro atoms. The smallest absolute Gasteiger partial charge is 0.275 e. The van der Waals surface area contributed by atoms with E-state index in [9.17, 15) is 32.7 Å². The number of aromatic nitrogens is 1. The molecule has 1 aromatic carbocycles. The lowest BCUT2D eigenvalue weighted by atomic mass is 9.89. The predicted molar refractivity (Wildman–Crippen MR) is 104 cm³/mol. The molecule has 31 heavy (non-hydrogen) atoms. The average Bonchev–Trinajstić information content (AvgIpc) is 2.68. The normalized spacial score (nSPS) is 23.6. The topological polar surface area (TPSA) is 91.6 Å². The number of thioether (sulfide) groups is 1. The lowest BCUT2D eigenvalue weighted by Crippen LogP contribution is -2.62. The number of hydrogen-bond acceptors (Lipinski definition) is 5. The highest BCUT2D eigenvalue weighted by Crippen LogP contribution is 2.48. The lowest BCUT2D eigenvalue weighted by molar-refractivity contribution is 0.0416. The Morgan fingerprint density at radius 1 is 1.19 bits per heavy atom. The molecule has 3 aliphatic heterocycles. The van der Waals surface area contributed by atoms with Gasteiger partial charge in [0.15, 0.2) is 11.4 Å². The van der Waals surface area contributed by atoms with Crippen LogP contribution in [-0.4, -0.2) is 43.1 Å². The number of fused-ring (bicyclic) bond motifs is 1. The molecule has 11 heteroatoms. The van der Waals surface area contributed by atoms with Crippen molar-refractivity contribution in [1.29, 1.82) is 0 Å². The van der Waals surface area contributed by atoms with E-state index < -0.39 is 58.1 Å². The van der Waals surface area contributed by atoms with Gasteiger partial charge in [0.25, 0.3) is 11.8 Å². The van der Waals surface area contributed by atoms with E-state index in [1.165, 1.54) is 10.8 Å². The molecule has 2 bridgehead atoms. The SMILES string of the molecule is O=C(NCc1c(F)cc(F)cc1F)c1cn2c(c(O)c1=O)C(=O)N1C3CC(C3)SC1C2. The molecule has 7 nitrogen and oxygen atoms in total. The van der Waals surface area contributed by atoms with Gasteiger partial charge < -0.3 is 19.9 Å². The van der Waals surface area contributed by atoms with Crippen LogP contribution < -0.4 is 10.7 Å². The van der Waals surface area contributed by atoms with E-state index in [1.54, 1.807) is 16.7 Å². The molecule has 162 valence electrons. The summed E-state index contributed by atoms with van der Waals surface area (Å²) in [4.78, 5) is 39.7. The van der Waals surface area contributed by atoms with Crippen molar-refractivity contribution in [2.45, 2.75) is 42.6 Å². The number of rotatable bonds is 3. The highest BCUT2D eigenvalue weighted by atomic mass is 32.2. The van der Waals surface area contributed by atoms with Gasteiger partial charge in [-0.1, -0.05) is 0 Å². The summed E-state index contributed by atoms with van der Waals surface area (Å²) in [5, 5.41) is 12.9. The van der Waals surface area contributed by atoms with Crippen LogP contribution in [-0.2, 0) is 13.1 Å². The second-order valence-corrected chi connectivity index (χ2v) is 9.29. The van der Waals surface area contributed by atoms with Gasteiger partial charge >= 0.3 is 0 Å². The minimum Gasteiger partial charge on any atom is -0.503 e. The Morgan fingerprint density at radius 2 is 1.87 bits per heavy atom. The molecule has 1 unspecified atom stereocenters. The zero-order valence-corrected chi connectivity index (χ0v) is 16.7. The van der Waals surface area contributed by atoms with Crippen LogP contribution in [0.25, 0.3) is 0 Å². The zero-order valence-electron chi connectivity index (χ0n) is 15.9. The number of carbonyl (C=O) groups excluding carboxylic acids is 2. The van der Waals surface area contributed by atoms with E-state index in [1.807, 2.05) is 0 Å². The van der Waals surface area contributed by atoms with Gasteiger partial charge in [-0.2, -0.15) is 0 Å². The number of nitrogens with one attached hydrogen (secondary N) is 1. The third-order valence-electron chi connectivity index (χ3n) is 5.95. The fraction of sp³-hybridized carbons (Fsp3) is 0.350. The number of carbonyl (C=O) groups is 2. The summed E-state index contributed by atoms with van der Waals surface area (Å²) >= 11 is 1.65. The highest BCUT2D eigenvalue weighted by Gasteiger charge is 2.50. The van der Waals surface area contributed by atoms with Crippen molar-refractivity contribution in [3.63, 3.8) is 0 Å². The van der Waals surface area contributed by atoms with E-state index in [2.05, 4.69) is 5.32 Å². The molecule has 1 atom stereocenters. The summed E-state index contributed by atoms with van der Waals surface area (Å²) in [7, 11) is 0. The molecular weight excluding hydrogens is 435 g/mol. The van der Waals surface area contributed by atoms with Crippen LogP contribution in [0.4, 0.5) is 13.2 Å². The number of aromatic hydroxyl groups is 1. The number of nitrogens with zero attached hydrogens (tertiary/aromatic N) is 2. The number of halogens is 3. The van der Waals surface area contributed by atoms with Gasteiger partial charge in [0.1, 0.15) is 23.0 Å². The lowest BCUT2D eigenvalue weighted by Gasteiger charge is -2.54. The average molecular weight is 451 g/mol. The maximum Gasteiger partial charge on any atom is 0.275 e. The molecule has 0 radical (unpaired) electrons. The molecule has 1 aliphatic carbocycles. The Kier molecular flexibility index (Phi) is 4.54. The molecule has 2 aromatic rings. The molecule has 4 aliphatic rings. The van der Waals surface area contributed by atoms with Crippen molar-refractivity contribution < 1.29 is 27.9 Å². The Hall–Kier alpha value is -2.95. The van der Waals surface area contributed by atoms with Gasteiger partial charge in [-0.3, -0.25) is 14.4 Å². The van der Waals surface area contributed by atoms with Gasteiger partial charge in [0, 0.05) is 41.7 Å². The van der Waals surface area contributed by atoms with Crippen LogP contribution in [0.2, 0.25) is 0 Å². The second-order valence-electron chi connectivity index (χ2n) is 7.80. The number of amides is 2. The van der Waals surface area contributed by atoms with Crippen molar-refractivity contribution in [2.75, 3.05) is 0 Å². The Bertz CT molecular complexity index is 1170. The number of pyridine rings is 1. The minimum atomic E-state index is -1.18. The maximum absolute atomic E-state index is 13.8. The van der Waals surface area contributed by atoms with Gasteiger partial charge in [0.2, 0.25) is 5.43 Å². The summed E-state index contributed by atoms with van der Waals surface area (Å²) in [6.07, 6.45) is 2.95. The van der Waals surface area contributed by atoms with Crippen LogP contribution in [0, 0.1) is 17.5 Å². The first kappa shape index (κ1) is 20.0. The summed E-state index contributed by atoms with van der Waals surface area (Å²) < 4.78 is 42.0. The van der Waals surface area contributed by atoms with E-state index >= 15 is 0 Å². The fourth-order valence-electron chi connectivity index (χ4n) is 4.30. The summed E-state index contributed by atoms with van der Waals surface area (Å²) in [5.74, 6) is -5.72. The van der Waals surface area contributed by atoms with Gasteiger partial charge in [-0.25, -0.2) is 13.2 Å². The van der Waals surface area contributed by atoms with Gasteiger partial charge in [-0.15, -0.1) is 11.8 Å². The fourth-order valence-corrected chi connectivity index (χ4v) is 6.06. The molecule has 2 N–H and O–H groups in total. The minimum absolute atomic E-state index is 0.0930. The molecule has 3 fully saturated rings. The van der Waals surface area contributed by atoms with Crippen LogP contribution in [0.1, 0.15) is 39.3 Å². The zero-order chi connectivity index (χ0) is 22.0. The standard InChI is InChI=1S/C20H16F3N3O4S/c21-8-1-13(22)11(14(23)2-8)5-24-19(29)12-6-25-7-15-26(9-3-10(4-9)31-15)20(30)16(25)18(28)17(12)27/h1-2,6,9-10,15,28H,3-5,7H2,(H,24,29). The van der Waals surface area contributed by atoms with Crippen molar-refractivity contribution >= 4 is 23.6 Å². The van der Waals surface area contributed by atoms with E-state index in [-0.39, 0.29) is 17.1 Å². The third-order valence-corrected chi connectivity index (χ3v) is 7.41. The van der Waals surface area contributed by atoms with Crippen molar-refractivity contribution in [1.82, 2.24) is 14.8 Å². The monoisotopic (exact) mass is 451 g/mol. The van der Waals surface area contributed by atoms with Crippen LogP contribution in [0.3, 0.4) is 0 Å². The Balaban J connectivity index is 1.44. The maximum atomic E-state index is 13.8. The first-order valence-corrected chi connectivity index (χ1v) is 10.5. The Morgan fingerprint density at radius 3 is 2.55 bits per heavy atom. The third kappa shape index (κ3) is 3.10. The number of hydrogen-bond donors (Lipinski definition) is 2. The molecule has 4 heterocycles. The van der Waals surface area contributed by atoms with Gasteiger partial charge in [-0.05, 0) is 12.8 Å². The van der Waals surface area contributed by atoms with E-state index in [0.717, 1.165) is 12.8 Å². The molecule has 2 saturated heterocycles. The van der Waals surface area contributed by atoms with Crippen molar-refractivity contribution in [3.8, 4) is 5.75 Å². The van der Waals surface area contributed by atoms with E-state index in [0.29, 0.717) is 23.9 Å². The van der Waals surface area contributed by atoms with E-state index in [4.69, 9.17) is 0 Å².